The molecule has 1 rings (SSSR count). The molecule has 0 aliphatic carbocycles. The molecule has 2 nitrogen and oxygen atoms in total. The average molecular weight is 198 g/mol. The van der Waals surface area contributed by atoms with Gasteiger partial charge in [-0.15, -0.1) is 0 Å². The Labute approximate surface area is 88.5 Å². The fraction of sp³-hybridized carbons (Fsp3) is 1.00. The highest BCUT2D eigenvalue weighted by Crippen LogP contribution is 2.49. The van der Waals surface area contributed by atoms with Crippen molar-refractivity contribution >= 4 is 7.12 Å². The van der Waals surface area contributed by atoms with Crippen molar-refractivity contribution in [1.82, 2.24) is 0 Å². The van der Waals surface area contributed by atoms with E-state index < -0.39 is 0 Å². The molecule has 14 heavy (non-hydrogen) atoms. The van der Waals surface area contributed by atoms with E-state index in [1.807, 2.05) is 0 Å². The maximum Gasteiger partial charge on any atom is 0.457 e. The highest BCUT2D eigenvalue weighted by Gasteiger charge is 2.55. The van der Waals surface area contributed by atoms with Gasteiger partial charge in [0.05, 0.1) is 11.2 Å². The zero-order valence-corrected chi connectivity index (χ0v) is 10.6. The van der Waals surface area contributed by atoms with Crippen LogP contribution in [0, 0.1) is 5.41 Å². The molecular weight excluding hydrogens is 175 g/mol. The first-order chi connectivity index (χ1) is 6.14. The topological polar surface area (TPSA) is 18.5 Å². The summed E-state index contributed by atoms with van der Waals surface area (Å²) in [6.07, 6.45) is 0.906. The first-order valence-corrected chi connectivity index (χ1v) is 5.50. The Morgan fingerprint density at radius 3 is 1.50 bits per heavy atom. The zero-order chi connectivity index (χ0) is 11.2. The van der Waals surface area contributed by atoms with Gasteiger partial charge < -0.3 is 9.31 Å². The van der Waals surface area contributed by atoms with Gasteiger partial charge in [0.1, 0.15) is 0 Å². The summed E-state index contributed by atoms with van der Waals surface area (Å²) >= 11 is 0. The third-order valence-corrected chi connectivity index (χ3v) is 4.20. The molecular formula is C11H23BO2. The molecule has 3 heteroatoms. The third kappa shape index (κ3) is 1.61. The lowest BCUT2D eigenvalue weighted by Gasteiger charge is -2.57. The van der Waals surface area contributed by atoms with Crippen LogP contribution < -0.4 is 0 Å². The monoisotopic (exact) mass is 198 g/mol. The molecule has 1 fully saturated rings. The van der Waals surface area contributed by atoms with Gasteiger partial charge in [-0.3, -0.25) is 0 Å². The summed E-state index contributed by atoms with van der Waals surface area (Å²) in [5, 5.41) is 0. The molecule has 0 aromatic heterocycles. The molecule has 0 spiro atoms. The summed E-state index contributed by atoms with van der Waals surface area (Å²) in [5.74, 6) is 0. The van der Waals surface area contributed by atoms with Crippen LogP contribution in [0.15, 0.2) is 0 Å². The summed E-state index contributed by atoms with van der Waals surface area (Å²) in [4.78, 5) is 0. The second-order valence-electron chi connectivity index (χ2n) is 5.72. The van der Waals surface area contributed by atoms with E-state index in [4.69, 9.17) is 9.31 Å². The number of rotatable bonds is 1. The minimum Gasteiger partial charge on any atom is -0.406 e. The standard InChI is InChI=1S/C11H23BO2/c1-8-12-13-10(4,5)9(2,3)11(6,7)14-12/h8H2,1-7H3. The maximum absolute atomic E-state index is 5.95. The molecule has 0 saturated carbocycles. The maximum atomic E-state index is 5.95. The molecule has 0 aromatic carbocycles. The Kier molecular flexibility index (Phi) is 2.79. The van der Waals surface area contributed by atoms with Gasteiger partial charge in [-0.25, -0.2) is 0 Å². The molecule has 1 heterocycles. The SMILES string of the molecule is CCB1OC(C)(C)C(C)(C)C(C)(C)O1. The predicted octanol–water partition coefficient (Wildman–Crippen LogP) is 3.12. The van der Waals surface area contributed by atoms with Crippen molar-refractivity contribution in [2.24, 2.45) is 5.41 Å². The van der Waals surface area contributed by atoms with Crippen LogP contribution in [-0.2, 0) is 9.31 Å². The van der Waals surface area contributed by atoms with E-state index in [2.05, 4.69) is 48.5 Å². The van der Waals surface area contributed by atoms with E-state index in [0.717, 1.165) is 6.32 Å². The fourth-order valence-electron chi connectivity index (χ4n) is 1.87. The van der Waals surface area contributed by atoms with Gasteiger partial charge >= 0.3 is 7.12 Å². The van der Waals surface area contributed by atoms with Gasteiger partial charge in [0.2, 0.25) is 0 Å². The van der Waals surface area contributed by atoms with Crippen molar-refractivity contribution in [2.75, 3.05) is 0 Å². The van der Waals surface area contributed by atoms with Crippen molar-refractivity contribution in [3.63, 3.8) is 0 Å². The van der Waals surface area contributed by atoms with Crippen LogP contribution >= 0.6 is 0 Å². The third-order valence-electron chi connectivity index (χ3n) is 4.20. The zero-order valence-electron chi connectivity index (χ0n) is 10.6. The number of hydrogen-bond donors (Lipinski definition) is 0. The Morgan fingerprint density at radius 1 is 0.857 bits per heavy atom. The van der Waals surface area contributed by atoms with Gasteiger partial charge in [-0.1, -0.05) is 20.8 Å². The minimum atomic E-state index is -0.143. The van der Waals surface area contributed by atoms with E-state index in [1.54, 1.807) is 0 Å². The van der Waals surface area contributed by atoms with E-state index in [9.17, 15) is 0 Å². The molecule has 0 atom stereocenters. The summed E-state index contributed by atoms with van der Waals surface area (Å²) in [6.45, 7) is 15.1. The molecule has 82 valence electrons. The second kappa shape index (κ2) is 3.24. The second-order valence-corrected chi connectivity index (χ2v) is 5.72. The van der Waals surface area contributed by atoms with E-state index in [-0.39, 0.29) is 23.7 Å². The van der Waals surface area contributed by atoms with Gasteiger partial charge in [0, 0.05) is 5.41 Å². The molecule has 1 aliphatic heterocycles. The molecule has 0 unspecified atom stereocenters. The average Bonchev–Trinajstić information content (AvgIpc) is 1.99. The molecule has 0 aromatic rings. The lowest BCUT2D eigenvalue weighted by molar-refractivity contribution is -0.182. The van der Waals surface area contributed by atoms with Crippen LogP contribution in [-0.4, -0.2) is 18.3 Å². The van der Waals surface area contributed by atoms with Crippen molar-refractivity contribution in [3.8, 4) is 0 Å². The molecule has 0 amide bonds. The van der Waals surface area contributed by atoms with Crippen LogP contribution in [0.25, 0.3) is 0 Å². The fourth-order valence-corrected chi connectivity index (χ4v) is 1.87. The van der Waals surface area contributed by atoms with Crippen LogP contribution in [0.3, 0.4) is 0 Å². The van der Waals surface area contributed by atoms with Crippen LogP contribution in [0.1, 0.15) is 48.5 Å². The summed E-state index contributed by atoms with van der Waals surface area (Å²) in [7, 11) is -0.0620. The highest BCUT2D eigenvalue weighted by molar-refractivity contribution is 6.44. The molecule has 1 saturated heterocycles. The van der Waals surface area contributed by atoms with Crippen molar-refractivity contribution in [1.29, 1.82) is 0 Å². The smallest absolute Gasteiger partial charge is 0.406 e. The molecule has 0 radical (unpaired) electrons. The first kappa shape index (κ1) is 12.1. The lowest BCUT2D eigenvalue weighted by atomic mass is 9.61. The lowest BCUT2D eigenvalue weighted by Crippen LogP contribution is -2.64. The number of hydrogen-bond acceptors (Lipinski definition) is 2. The Hall–Kier alpha value is -0.0151. The van der Waals surface area contributed by atoms with Gasteiger partial charge in [-0.2, -0.15) is 0 Å². The summed E-state index contributed by atoms with van der Waals surface area (Å²) in [6, 6.07) is 0. The molecule has 0 N–H and O–H groups in total. The Balaban J connectivity index is 3.00. The van der Waals surface area contributed by atoms with Gasteiger partial charge in [-0.05, 0) is 34.0 Å². The van der Waals surface area contributed by atoms with Crippen LogP contribution in [0.4, 0.5) is 0 Å². The van der Waals surface area contributed by atoms with E-state index in [0.29, 0.717) is 0 Å². The Bertz CT molecular complexity index is 201. The summed E-state index contributed by atoms with van der Waals surface area (Å²) < 4.78 is 11.9. The quantitative estimate of drug-likeness (QED) is 0.602. The Morgan fingerprint density at radius 2 is 1.21 bits per heavy atom. The van der Waals surface area contributed by atoms with E-state index in [1.165, 1.54) is 0 Å². The molecule has 0 bridgehead atoms. The van der Waals surface area contributed by atoms with Crippen molar-refractivity contribution in [2.45, 2.75) is 66.0 Å². The van der Waals surface area contributed by atoms with Crippen molar-refractivity contribution in [3.05, 3.63) is 0 Å². The summed E-state index contributed by atoms with van der Waals surface area (Å²) in [5.41, 5.74) is -0.281. The normalized spacial score (nSPS) is 28.9. The largest absolute Gasteiger partial charge is 0.457 e. The van der Waals surface area contributed by atoms with Gasteiger partial charge in [0.15, 0.2) is 0 Å². The van der Waals surface area contributed by atoms with Crippen LogP contribution in [0.5, 0.6) is 0 Å². The first-order valence-electron chi connectivity index (χ1n) is 5.50. The van der Waals surface area contributed by atoms with E-state index >= 15 is 0 Å². The minimum absolute atomic E-state index is 0.00562. The van der Waals surface area contributed by atoms with Crippen LogP contribution in [0.2, 0.25) is 6.32 Å². The highest BCUT2D eigenvalue weighted by atomic mass is 16.6. The van der Waals surface area contributed by atoms with Crippen molar-refractivity contribution < 1.29 is 9.31 Å². The van der Waals surface area contributed by atoms with Gasteiger partial charge in [0.25, 0.3) is 0 Å². The predicted molar refractivity (Wildman–Crippen MR) is 60.3 cm³/mol. The molecule has 1 aliphatic rings.